The van der Waals surface area contributed by atoms with E-state index in [4.69, 9.17) is 0 Å². The largest absolute Gasteiger partial charge is 0.326 e. The van der Waals surface area contributed by atoms with Crippen LogP contribution in [-0.2, 0) is 11.3 Å². The first-order valence-electron chi connectivity index (χ1n) is 7.64. The van der Waals surface area contributed by atoms with Gasteiger partial charge in [0, 0.05) is 18.8 Å². The smallest absolute Gasteiger partial charge is 0.228 e. The molecule has 1 amide bonds. The van der Waals surface area contributed by atoms with Crippen molar-refractivity contribution in [2.45, 2.75) is 25.8 Å². The van der Waals surface area contributed by atoms with Crippen LogP contribution >= 0.6 is 0 Å². The topological polar surface area (TPSA) is 44.4 Å². The molecule has 0 radical (unpaired) electrons. The van der Waals surface area contributed by atoms with E-state index in [9.17, 15) is 4.79 Å². The minimum atomic E-state index is 0.124. The molecule has 1 aromatic rings. The lowest BCUT2D eigenvalue weighted by atomic mass is 10.1. The van der Waals surface area contributed by atoms with Gasteiger partial charge in [-0.05, 0) is 56.6 Å². The molecule has 2 heterocycles. The summed E-state index contributed by atoms with van der Waals surface area (Å²) in [5.41, 5.74) is 2.24. The number of amides is 1. The van der Waals surface area contributed by atoms with E-state index >= 15 is 0 Å². The van der Waals surface area contributed by atoms with Gasteiger partial charge in [0.05, 0.1) is 5.92 Å². The van der Waals surface area contributed by atoms with Crippen molar-refractivity contribution in [2.75, 3.05) is 31.5 Å². The van der Waals surface area contributed by atoms with Crippen LogP contribution in [0, 0.1) is 5.92 Å². The van der Waals surface area contributed by atoms with E-state index in [-0.39, 0.29) is 11.8 Å². The van der Waals surface area contributed by atoms with Gasteiger partial charge in [-0.15, -0.1) is 0 Å². The van der Waals surface area contributed by atoms with E-state index in [0.29, 0.717) is 0 Å². The molecular formula is C16H23N3O. The van der Waals surface area contributed by atoms with Gasteiger partial charge in [0.2, 0.25) is 5.91 Å². The summed E-state index contributed by atoms with van der Waals surface area (Å²) in [6.07, 6.45) is 3.59. The quantitative estimate of drug-likeness (QED) is 0.879. The maximum absolute atomic E-state index is 12.0. The average Bonchev–Trinajstić information content (AvgIpc) is 3.13. The van der Waals surface area contributed by atoms with E-state index in [0.717, 1.165) is 31.7 Å². The summed E-state index contributed by atoms with van der Waals surface area (Å²) in [7, 11) is 0. The highest BCUT2D eigenvalue weighted by molar-refractivity contribution is 5.92. The van der Waals surface area contributed by atoms with E-state index in [1.54, 1.807) is 0 Å². The van der Waals surface area contributed by atoms with Crippen LogP contribution in [-0.4, -0.2) is 37.0 Å². The van der Waals surface area contributed by atoms with Crippen molar-refractivity contribution in [3.8, 4) is 0 Å². The maximum Gasteiger partial charge on any atom is 0.228 e. The number of carbonyl (C=O) groups excluding carboxylic acids is 1. The Morgan fingerprint density at radius 2 is 2.00 bits per heavy atom. The van der Waals surface area contributed by atoms with Crippen molar-refractivity contribution >= 4 is 11.6 Å². The summed E-state index contributed by atoms with van der Waals surface area (Å²) < 4.78 is 0. The first kappa shape index (κ1) is 13.6. The normalized spacial score (nSPS) is 23.1. The monoisotopic (exact) mass is 273 g/mol. The molecule has 2 saturated heterocycles. The molecule has 2 aliphatic rings. The summed E-state index contributed by atoms with van der Waals surface area (Å²) in [6, 6.07) is 8.29. The van der Waals surface area contributed by atoms with E-state index in [2.05, 4.69) is 27.7 Å². The molecular weight excluding hydrogens is 250 g/mol. The third-order valence-electron chi connectivity index (χ3n) is 4.26. The Morgan fingerprint density at radius 1 is 1.25 bits per heavy atom. The second kappa shape index (κ2) is 6.37. The Morgan fingerprint density at radius 3 is 2.65 bits per heavy atom. The van der Waals surface area contributed by atoms with E-state index in [1.165, 1.54) is 31.5 Å². The first-order chi connectivity index (χ1) is 9.81. The van der Waals surface area contributed by atoms with Crippen LogP contribution in [0.5, 0.6) is 0 Å². The average molecular weight is 273 g/mol. The Balaban J connectivity index is 1.53. The summed E-state index contributed by atoms with van der Waals surface area (Å²) in [6.45, 7) is 5.22. The fourth-order valence-corrected chi connectivity index (χ4v) is 3.02. The Kier molecular flexibility index (Phi) is 4.33. The molecule has 20 heavy (non-hydrogen) atoms. The number of hydrogen-bond acceptors (Lipinski definition) is 3. The zero-order chi connectivity index (χ0) is 13.8. The highest BCUT2D eigenvalue weighted by atomic mass is 16.1. The molecule has 1 atom stereocenters. The second-order valence-corrected chi connectivity index (χ2v) is 5.86. The molecule has 108 valence electrons. The molecule has 2 N–H and O–H groups in total. The molecule has 4 nitrogen and oxygen atoms in total. The van der Waals surface area contributed by atoms with E-state index < -0.39 is 0 Å². The van der Waals surface area contributed by atoms with Gasteiger partial charge in [-0.2, -0.15) is 0 Å². The van der Waals surface area contributed by atoms with Gasteiger partial charge in [0.25, 0.3) is 0 Å². The van der Waals surface area contributed by atoms with Gasteiger partial charge < -0.3 is 10.6 Å². The number of anilines is 1. The molecule has 2 fully saturated rings. The molecule has 1 aromatic carbocycles. The molecule has 2 aliphatic heterocycles. The zero-order valence-corrected chi connectivity index (χ0v) is 11.9. The number of benzene rings is 1. The minimum absolute atomic E-state index is 0.124. The van der Waals surface area contributed by atoms with Gasteiger partial charge in [-0.3, -0.25) is 9.69 Å². The zero-order valence-electron chi connectivity index (χ0n) is 11.9. The summed E-state index contributed by atoms with van der Waals surface area (Å²) >= 11 is 0. The molecule has 0 aromatic heterocycles. The predicted molar refractivity (Wildman–Crippen MR) is 80.6 cm³/mol. The lowest BCUT2D eigenvalue weighted by Gasteiger charge is -2.15. The van der Waals surface area contributed by atoms with Crippen LogP contribution in [0.3, 0.4) is 0 Å². The number of nitrogens with zero attached hydrogens (tertiary/aromatic N) is 1. The number of likely N-dealkylation sites (tertiary alicyclic amines) is 1. The number of carbonyl (C=O) groups is 1. The van der Waals surface area contributed by atoms with Gasteiger partial charge in [-0.1, -0.05) is 12.1 Å². The van der Waals surface area contributed by atoms with Crippen molar-refractivity contribution in [1.82, 2.24) is 10.2 Å². The Labute approximate surface area is 120 Å². The van der Waals surface area contributed by atoms with Gasteiger partial charge >= 0.3 is 0 Å². The van der Waals surface area contributed by atoms with Crippen LogP contribution < -0.4 is 10.6 Å². The number of nitrogens with one attached hydrogen (secondary N) is 2. The van der Waals surface area contributed by atoms with Crippen molar-refractivity contribution < 1.29 is 4.79 Å². The van der Waals surface area contributed by atoms with Crippen LogP contribution in [0.4, 0.5) is 5.69 Å². The highest BCUT2D eigenvalue weighted by Crippen LogP contribution is 2.16. The van der Waals surface area contributed by atoms with Crippen molar-refractivity contribution in [1.29, 1.82) is 0 Å². The molecule has 0 spiro atoms. The van der Waals surface area contributed by atoms with Crippen LogP contribution in [0.1, 0.15) is 24.8 Å². The summed E-state index contributed by atoms with van der Waals surface area (Å²) in [5, 5.41) is 6.23. The van der Waals surface area contributed by atoms with Crippen molar-refractivity contribution in [3.05, 3.63) is 29.8 Å². The highest BCUT2D eigenvalue weighted by Gasteiger charge is 2.22. The van der Waals surface area contributed by atoms with Crippen molar-refractivity contribution in [3.63, 3.8) is 0 Å². The second-order valence-electron chi connectivity index (χ2n) is 5.86. The first-order valence-corrected chi connectivity index (χ1v) is 7.64. The number of rotatable bonds is 4. The standard InChI is InChI=1S/C16H23N3O/c20-16(14-7-8-17-11-14)18-15-5-3-13(4-6-15)12-19-9-1-2-10-19/h3-6,14,17H,1-2,7-12H2,(H,18,20). The fraction of sp³-hybridized carbons (Fsp3) is 0.562. The molecule has 0 aliphatic carbocycles. The summed E-state index contributed by atoms with van der Waals surface area (Å²) in [5.74, 6) is 0.265. The lowest BCUT2D eigenvalue weighted by Crippen LogP contribution is -2.24. The van der Waals surface area contributed by atoms with Gasteiger partial charge in [-0.25, -0.2) is 0 Å². The van der Waals surface area contributed by atoms with Gasteiger partial charge in [0.15, 0.2) is 0 Å². The van der Waals surface area contributed by atoms with Gasteiger partial charge in [0.1, 0.15) is 0 Å². The third kappa shape index (κ3) is 3.38. The van der Waals surface area contributed by atoms with Crippen LogP contribution in [0.2, 0.25) is 0 Å². The summed E-state index contributed by atoms with van der Waals surface area (Å²) in [4.78, 5) is 14.5. The lowest BCUT2D eigenvalue weighted by molar-refractivity contribution is -0.119. The Hall–Kier alpha value is -1.39. The SMILES string of the molecule is O=C(Nc1ccc(CN2CCCC2)cc1)C1CCNC1. The molecule has 3 rings (SSSR count). The minimum Gasteiger partial charge on any atom is -0.326 e. The predicted octanol–water partition coefficient (Wildman–Crippen LogP) is 1.83. The van der Waals surface area contributed by atoms with E-state index in [1.807, 2.05) is 12.1 Å². The Bertz CT molecular complexity index is 445. The molecule has 4 heteroatoms. The third-order valence-corrected chi connectivity index (χ3v) is 4.26. The molecule has 1 unspecified atom stereocenters. The molecule has 0 saturated carbocycles. The molecule has 0 bridgehead atoms. The number of hydrogen-bond donors (Lipinski definition) is 2. The fourth-order valence-electron chi connectivity index (χ4n) is 3.02. The maximum atomic E-state index is 12.0. The van der Waals surface area contributed by atoms with Crippen LogP contribution in [0.15, 0.2) is 24.3 Å². The van der Waals surface area contributed by atoms with Crippen molar-refractivity contribution in [2.24, 2.45) is 5.92 Å². The van der Waals surface area contributed by atoms with Crippen LogP contribution in [0.25, 0.3) is 0 Å².